The summed E-state index contributed by atoms with van der Waals surface area (Å²) in [6.07, 6.45) is -1.12. The minimum Gasteiger partial charge on any atom is -0.479 e. The van der Waals surface area contributed by atoms with Crippen molar-refractivity contribution < 1.29 is 14.2 Å². The molecule has 76 valence electrons. The molecule has 0 saturated heterocycles. The Morgan fingerprint density at radius 1 is 1.50 bits per heavy atom. The highest BCUT2D eigenvalue weighted by Gasteiger charge is 2.14. The molecule has 0 unspecified atom stereocenters. The molecule has 1 aromatic carbocycles. The van der Waals surface area contributed by atoms with E-state index in [0.717, 1.165) is 0 Å². The Balaban J connectivity index is 2.73. The van der Waals surface area contributed by atoms with Crippen LogP contribution in [0.15, 0.2) is 24.3 Å². The lowest BCUT2D eigenvalue weighted by atomic mass is 10.1. The van der Waals surface area contributed by atoms with Gasteiger partial charge in [0.05, 0.1) is 6.61 Å². The molecule has 1 rings (SSSR count). The second-order valence-corrected chi connectivity index (χ2v) is 2.75. The monoisotopic (exact) mass is 197 g/mol. The molecule has 0 aliphatic heterocycles. The van der Waals surface area contributed by atoms with Gasteiger partial charge in [0.2, 0.25) is 5.90 Å². The van der Waals surface area contributed by atoms with Crippen LogP contribution < -0.4 is 0 Å². The zero-order valence-corrected chi connectivity index (χ0v) is 7.83. The van der Waals surface area contributed by atoms with Gasteiger partial charge in [-0.05, 0) is 24.6 Å². The molecule has 0 aliphatic carbocycles. The molecule has 2 N–H and O–H groups in total. The van der Waals surface area contributed by atoms with Crippen LogP contribution in [0.4, 0.5) is 4.39 Å². The molecule has 0 fully saturated rings. The molecule has 0 aliphatic rings. The van der Waals surface area contributed by atoms with E-state index in [1.165, 1.54) is 24.3 Å². The summed E-state index contributed by atoms with van der Waals surface area (Å²) in [5.74, 6) is -0.594. The quantitative estimate of drug-likeness (QED) is 0.574. The van der Waals surface area contributed by atoms with E-state index in [0.29, 0.717) is 12.2 Å². The van der Waals surface area contributed by atoms with E-state index in [1.807, 2.05) is 0 Å². The predicted molar refractivity (Wildman–Crippen MR) is 50.7 cm³/mol. The Bertz CT molecular complexity index is 310. The Labute approximate surface area is 81.6 Å². The summed E-state index contributed by atoms with van der Waals surface area (Å²) >= 11 is 0. The normalized spacial score (nSPS) is 12.2. The van der Waals surface area contributed by atoms with E-state index in [1.54, 1.807) is 6.92 Å². The number of aliphatic hydroxyl groups excluding tert-OH is 1. The van der Waals surface area contributed by atoms with Gasteiger partial charge in [0, 0.05) is 0 Å². The number of rotatable bonds is 3. The molecule has 4 heteroatoms. The van der Waals surface area contributed by atoms with Gasteiger partial charge in [0.15, 0.2) is 6.10 Å². The number of halogens is 1. The molecule has 14 heavy (non-hydrogen) atoms. The maximum Gasteiger partial charge on any atom is 0.214 e. The minimum atomic E-state index is -1.12. The number of aliphatic hydroxyl groups is 1. The van der Waals surface area contributed by atoms with Crippen molar-refractivity contribution in [3.05, 3.63) is 35.6 Å². The van der Waals surface area contributed by atoms with E-state index in [9.17, 15) is 9.50 Å². The van der Waals surface area contributed by atoms with Crippen molar-refractivity contribution in [1.82, 2.24) is 0 Å². The summed E-state index contributed by atoms with van der Waals surface area (Å²) in [5, 5.41) is 16.9. The molecule has 0 radical (unpaired) electrons. The fourth-order valence-corrected chi connectivity index (χ4v) is 1.03. The molecule has 3 nitrogen and oxygen atoms in total. The summed E-state index contributed by atoms with van der Waals surface area (Å²) in [4.78, 5) is 0. The van der Waals surface area contributed by atoms with Crippen LogP contribution in [0.2, 0.25) is 0 Å². The number of hydrogen-bond donors (Lipinski definition) is 2. The molecule has 0 spiro atoms. The van der Waals surface area contributed by atoms with Crippen molar-refractivity contribution in [2.75, 3.05) is 6.61 Å². The Kier molecular flexibility index (Phi) is 3.59. The lowest BCUT2D eigenvalue weighted by Gasteiger charge is -2.12. The fraction of sp³-hybridized carbons (Fsp3) is 0.300. The average molecular weight is 197 g/mol. The second-order valence-electron chi connectivity index (χ2n) is 2.75. The van der Waals surface area contributed by atoms with Crippen LogP contribution >= 0.6 is 0 Å². The van der Waals surface area contributed by atoms with Gasteiger partial charge in [-0.1, -0.05) is 12.1 Å². The summed E-state index contributed by atoms with van der Waals surface area (Å²) in [7, 11) is 0. The first-order valence-electron chi connectivity index (χ1n) is 4.30. The van der Waals surface area contributed by atoms with Gasteiger partial charge in [0.1, 0.15) is 5.82 Å². The van der Waals surface area contributed by atoms with Crippen LogP contribution in [0.3, 0.4) is 0 Å². The maximum absolute atomic E-state index is 12.5. The first kappa shape index (κ1) is 10.7. The van der Waals surface area contributed by atoms with Crippen LogP contribution in [0.1, 0.15) is 18.6 Å². The van der Waals surface area contributed by atoms with Gasteiger partial charge in [-0.2, -0.15) is 0 Å². The SMILES string of the molecule is CCOC(=N)[C@H](O)c1ccc(F)cc1. The molecule has 0 saturated carbocycles. The van der Waals surface area contributed by atoms with Crippen molar-refractivity contribution in [3.63, 3.8) is 0 Å². The number of hydrogen-bond acceptors (Lipinski definition) is 3. The largest absolute Gasteiger partial charge is 0.479 e. The van der Waals surface area contributed by atoms with Gasteiger partial charge in [-0.15, -0.1) is 0 Å². The highest BCUT2D eigenvalue weighted by Crippen LogP contribution is 2.14. The molecule has 0 aromatic heterocycles. The Morgan fingerprint density at radius 3 is 2.57 bits per heavy atom. The zero-order chi connectivity index (χ0) is 10.6. The summed E-state index contributed by atoms with van der Waals surface area (Å²) in [6.45, 7) is 2.06. The highest BCUT2D eigenvalue weighted by molar-refractivity contribution is 5.78. The van der Waals surface area contributed by atoms with Crippen molar-refractivity contribution in [2.45, 2.75) is 13.0 Å². The van der Waals surface area contributed by atoms with Crippen LogP contribution in [-0.4, -0.2) is 17.6 Å². The van der Waals surface area contributed by atoms with E-state index >= 15 is 0 Å². The third-order valence-electron chi connectivity index (χ3n) is 1.73. The first-order valence-corrected chi connectivity index (χ1v) is 4.30. The highest BCUT2D eigenvalue weighted by atomic mass is 19.1. The number of ether oxygens (including phenoxy) is 1. The maximum atomic E-state index is 12.5. The lowest BCUT2D eigenvalue weighted by molar-refractivity contribution is 0.190. The first-order chi connectivity index (χ1) is 6.65. The third kappa shape index (κ3) is 2.53. The number of nitrogens with one attached hydrogen (secondary N) is 1. The second kappa shape index (κ2) is 4.72. The molecule has 0 amide bonds. The van der Waals surface area contributed by atoms with Gasteiger partial charge in [-0.3, -0.25) is 5.41 Å². The van der Waals surface area contributed by atoms with E-state index in [4.69, 9.17) is 10.1 Å². The molecular weight excluding hydrogens is 185 g/mol. The van der Waals surface area contributed by atoms with Gasteiger partial charge >= 0.3 is 0 Å². The summed E-state index contributed by atoms with van der Waals surface area (Å²) in [6, 6.07) is 5.32. The topological polar surface area (TPSA) is 53.3 Å². The van der Waals surface area contributed by atoms with Crippen molar-refractivity contribution in [1.29, 1.82) is 5.41 Å². The van der Waals surface area contributed by atoms with Crippen molar-refractivity contribution in [3.8, 4) is 0 Å². The van der Waals surface area contributed by atoms with Crippen molar-refractivity contribution in [2.24, 2.45) is 0 Å². The Hall–Kier alpha value is -1.42. The van der Waals surface area contributed by atoms with Gasteiger partial charge in [0.25, 0.3) is 0 Å². The van der Waals surface area contributed by atoms with Crippen LogP contribution in [-0.2, 0) is 4.74 Å². The van der Waals surface area contributed by atoms with Crippen molar-refractivity contribution >= 4 is 5.90 Å². The van der Waals surface area contributed by atoms with E-state index in [2.05, 4.69) is 0 Å². The Morgan fingerprint density at radius 2 is 2.07 bits per heavy atom. The summed E-state index contributed by atoms with van der Waals surface area (Å²) < 4.78 is 17.4. The van der Waals surface area contributed by atoms with E-state index < -0.39 is 6.10 Å². The van der Waals surface area contributed by atoms with E-state index in [-0.39, 0.29) is 11.7 Å². The smallest absolute Gasteiger partial charge is 0.214 e. The van der Waals surface area contributed by atoms with Gasteiger partial charge in [-0.25, -0.2) is 4.39 Å². The standard InChI is InChI=1S/C10H12FNO2/c1-2-14-10(12)9(13)7-3-5-8(11)6-4-7/h3-6,9,12-13H,2H2,1H3/t9-/m1/s1. The van der Waals surface area contributed by atoms with Crippen LogP contribution in [0, 0.1) is 11.2 Å². The third-order valence-corrected chi connectivity index (χ3v) is 1.73. The molecule has 0 heterocycles. The van der Waals surface area contributed by atoms with Crippen LogP contribution in [0.5, 0.6) is 0 Å². The molecule has 1 aromatic rings. The molecule has 0 bridgehead atoms. The van der Waals surface area contributed by atoms with Gasteiger partial charge < -0.3 is 9.84 Å². The number of benzene rings is 1. The lowest BCUT2D eigenvalue weighted by Crippen LogP contribution is -2.14. The average Bonchev–Trinajstić information content (AvgIpc) is 2.18. The minimum absolute atomic E-state index is 0.223. The molecule has 1 atom stereocenters. The summed E-state index contributed by atoms with van der Waals surface area (Å²) in [5.41, 5.74) is 0.449. The zero-order valence-electron chi connectivity index (χ0n) is 7.83. The fourth-order valence-electron chi connectivity index (χ4n) is 1.03. The molecular formula is C10H12FNO2. The van der Waals surface area contributed by atoms with Crippen LogP contribution in [0.25, 0.3) is 0 Å². The predicted octanol–water partition coefficient (Wildman–Crippen LogP) is 1.87.